The first-order chi connectivity index (χ1) is 9.88. The Kier molecular flexibility index (Phi) is 6.74. The molecular weight excluding hydrogens is 289 g/mol. The fraction of sp³-hybridized carbons (Fsp3) is 0.357. The third-order valence-electron chi connectivity index (χ3n) is 2.28. The van der Waals surface area contributed by atoms with E-state index in [1.54, 1.807) is 24.3 Å². The van der Waals surface area contributed by atoms with E-state index in [0.29, 0.717) is 17.7 Å². The Labute approximate surface area is 119 Å². The Morgan fingerprint density at radius 3 is 2.62 bits per heavy atom. The van der Waals surface area contributed by atoms with Gasteiger partial charge in [0.1, 0.15) is 12.4 Å². The van der Waals surface area contributed by atoms with Crippen LogP contribution in [-0.4, -0.2) is 37.1 Å². The number of benzene rings is 1. The van der Waals surface area contributed by atoms with Crippen LogP contribution in [0.4, 0.5) is 13.2 Å². The van der Waals surface area contributed by atoms with Crippen molar-refractivity contribution in [2.24, 2.45) is 0 Å². The maximum Gasteiger partial charge on any atom is 0.411 e. The smallest absolute Gasteiger partial charge is 0.411 e. The highest BCUT2D eigenvalue weighted by Crippen LogP contribution is 2.19. The summed E-state index contributed by atoms with van der Waals surface area (Å²) in [4.78, 5) is 10.5. The molecule has 1 aromatic carbocycles. The van der Waals surface area contributed by atoms with Crippen LogP contribution in [0.2, 0.25) is 0 Å². The van der Waals surface area contributed by atoms with Crippen molar-refractivity contribution in [3.63, 3.8) is 0 Å². The van der Waals surface area contributed by atoms with E-state index in [1.165, 1.54) is 6.08 Å². The van der Waals surface area contributed by atoms with Crippen molar-refractivity contribution in [2.75, 3.05) is 19.8 Å². The molecule has 0 saturated carbocycles. The van der Waals surface area contributed by atoms with E-state index in [9.17, 15) is 18.0 Å². The van der Waals surface area contributed by atoms with E-state index in [0.717, 1.165) is 6.08 Å². The summed E-state index contributed by atoms with van der Waals surface area (Å²) < 4.78 is 45.3. The molecule has 0 amide bonds. The van der Waals surface area contributed by atoms with Gasteiger partial charge in [0.15, 0.2) is 0 Å². The molecule has 0 unspecified atom stereocenters. The van der Waals surface area contributed by atoms with Crippen molar-refractivity contribution in [1.82, 2.24) is 0 Å². The molecule has 0 fully saturated rings. The van der Waals surface area contributed by atoms with Crippen molar-refractivity contribution in [3.05, 3.63) is 35.9 Å². The predicted octanol–water partition coefficient (Wildman–Crippen LogP) is 3.13. The molecule has 0 bridgehead atoms. The second kappa shape index (κ2) is 8.31. The molecule has 1 rings (SSSR count). The molecule has 0 saturated heterocycles. The number of carboxylic acid groups (broad SMARTS) is 1. The zero-order valence-electron chi connectivity index (χ0n) is 11.1. The SMILES string of the molecule is O=C(O)C=Cc1ccccc1OCCCOCC(F)(F)F. The Balaban J connectivity index is 2.37. The van der Waals surface area contributed by atoms with Crippen LogP contribution in [0.25, 0.3) is 6.08 Å². The number of rotatable bonds is 8. The fourth-order valence-corrected chi connectivity index (χ4v) is 1.44. The van der Waals surface area contributed by atoms with Gasteiger partial charge in [0.05, 0.1) is 13.2 Å². The molecule has 0 spiro atoms. The fourth-order valence-electron chi connectivity index (χ4n) is 1.44. The lowest BCUT2D eigenvalue weighted by Crippen LogP contribution is -2.18. The number of alkyl halides is 3. The second-order valence-corrected chi connectivity index (χ2v) is 4.08. The number of para-hydroxylation sites is 1. The van der Waals surface area contributed by atoms with Crippen molar-refractivity contribution in [1.29, 1.82) is 0 Å². The summed E-state index contributed by atoms with van der Waals surface area (Å²) in [6.07, 6.45) is -1.66. The molecule has 0 radical (unpaired) electrons. The first-order valence-electron chi connectivity index (χ1n) is 6.16. The highest BCUT2D eigenvalue weighted by atomic mass is 19.4. The number of ether oxygens (including phenoxy) is 2. The van der Waals surface area contributed by atoms with Gasteiger partial charge in [0.25, 0.3) is 0 Å². The molecule has 7 heteroatoms. The molecule has 4 nitrogen and oxygen atoms in total. The van der Waals surface area contributed by atoms with Gasteiger partial charge in [-0.25, -0.2) is 4.79 Å². The van der Waals surface area contributed by atoms with E-state index < -0.39 is 18.8 Å². The summed E-state index contributed by atoms with van der Waals surface area (Å²) in [6, 6.07) is 6.77. The third-order valence-corrected chi connectivity index (χ3v) is 2.28. The largest absolute Gasteiger partial charge is 0.493 e. The maximum absolute atomic E-state index is 11.8. The van der Waals surface area contributed by atoms with Gasteiger partial charge in [-0.15, -0.1) is 0 Å². The van der Waals surface area contributed by atoms with E-state index in [2.05, 4.69) is 4.74 Å². The molecule has 1 aromatic rings. The minimum Gasteiger partial charge on any atom is -0.493 e. The molecule has 0 aliphatic heterocycles. The van der Waals surface area contributed by atoms with Crippen molar-refractivity contribution >= 4 is 12.0 Å². The summed E-state index contributed by atoms with van der Waals surface area (Å²) in [5.74, 6) is -0.615. The van der Waals surface area contributed by atoms with Crippen molar-refractivity contribution in [2.45, 2.75) is 12.6 Å². The molecule has 0 heterocycles. The van der Waals surface area contributed by atoms with Gasteiger partial charge in [-0.3, -0.25) is 0 Å². The minimum absolute atomic E-state index is 0.0629. The van der Waals surface area contributed by atoms with Gasteiger partial charge in [0.2, 0.25) is 0 Å². The molecule has 0 aliphatic carbocycles. The van der Waals surface area contributed by atoms with Crippen LogP contribution in [0.15, 0.2) is 30.3 Å². The highest BCUT2D eigenvalue weighted by Gasteiger charge is 2.27. The van der Waals surface area contributed by atoms with Gasteiger partial charge in [0, 0.05) is 18.1 Å². The van der Waals surface area contributed by atoms with Crippen LogP contribution >= 0.6 is 0 Å². The Hall–Kier alpha value is -2.02. The van der Waals surface area contributed by atoms with Crippen LogP contribution in [0, 0.1) is 0 Å². The van der Waals surface area contributed by atoms with Crippen molar-refractivity contribution < 1.29 is 32.5 Å². The monoisotopic (exact) mass is 304 g/mol. The molecule has 0 aliphatic rings. The van der Waals surface area contributed by atoms with Gasteiger partial charge in [-0.05, 0) is 12.1 Å². The van der Waals surface area contributed by atoms with E-state index in [-0.39, 0.29) is 13.2 Å². The zero-order chi connectivity index (χ0) is 15.7. The van der Waals surface area contributed by atoms with Gasteiger partial charge in [-0.2, -0.15) is 13.2 Å². The summed E-state index contributed by atoms with van der Waals surface area (Å²) >= 11 is 0. The molecule has 21 heavy (non-hydrogen) atoms. The Bertz CT molecular complexity index is 483. The molecular formula is C14H15F3O4. The van der Waals surface area contributed by atoms with Crippen LogP contribution in [0.3, 0.4) is 0 Å². The van der Waals surface area contributed by atoms with Gasteiger partial charge < -0.3 is 14.6 Å². The third kappa shape index (κ3) is 7.98. The van der Waals surface area contributed by atoms with Crippen LogP contribution in [-0.2, 0) is 9.53 Å². The summed E-state index contributed by atoms with van der Waals surface area (Å²) in [7, 11) is 0. The number of carbonyl (C=O) groups is 1. The van der Waals surface area contributed by atoms with Crippen LogP contribution < -0.4 is 4.74 Å². The first kappa shape index (κ1) is 17.0. The molecule has 1 N–H and O–H groups in total. The zero-order valence-corrected chi connectivity index (χ0v) is 11.1. The Morgan fingerprint density at radius 1 is 1.24 bits per heavy atom. The predicted molar refractivity (Wildman–Crippen MR) is 70.1 cm³/mol. The van der Waals surface area contributed by atoms with Gasteiger partial charge >= 0.3 is 12.1 Å². The average molecular weight is 304 g/mol. The van der Waals surface area contributed by atoms with E-state index >= 15 is 0 Å². The van der Waals surface area contributed by atoms with Crippen LogP contribution in [0.1, 0.15) is 12.0 Å². The number of halogens is 3. The lowest BCUT2D eigenvalue weighted by Gasteiger charge is -2.10. The molecule has 0 atom stereocenters. The lowest BCUT2D eigenvalue weighted by atomic mass is 10.2. The minimum atomic E-state index is -4.32. The molecule has 0 aromatic heterocycles. The maximum atomic E-state index is 11.8. The topological polar surface area (TPSA) is 55.8 Å². The van der Waals surface area contributed by atoms with Gasteiger partial charge in [-0.1, -0.05) is 18.2 Å². The number of hydrogen-bond donors (Lipinski definition) is 1. The standard InChI is InChI=1S/C14H15F3O4/c15-14(16,17)10-20-8-3-9-21-12-5-2-1-4-11(12)6-7-13(18)19/h1-2,4-7H,3,8-10H2,(H,18,19). The normalized spacial score (nSPS) is 11.8. The quantitative estimate of drug-likeness (QED) is 0.592. The Morgan fingerprint density at radius 2 is 1.95 bits per heavy atom. The van der Waals surface area contributed by atoms with Crippen LogP contribution in [0.5, 0.6) is 5.75 Å². The summed E-state index contributed by atoms with van der Waals surface area (Å²) in [6.45, 7) is -1.16. The lowest BCUT2D eigenvalue weighted by molar-refractivity contribution is -0.174. The van der Waals surface area contributed by atoms with Crippen molar-refractivity contribution in [3.8, 4) is 5.75 Å². The number of aliphatic carboxylic acids is 1. The van der Waals surface area contributed by atoms with E-state index in [4.69, 9.17) is 9.84 Å². The average Bonchev–Trinajstić information content (AvgIpc) is 2.40. The second-order valence-electron chi connectivity index (χ2n) is 4.08. The van der Waals surface area contributed by atoms with E-state index in [1.807, 2.05) is 0 Å². The number of hydrogen-bond acceptors (Lipinski definition) is 3. The summed E-state index contributed by atoms with van der Waals surface area (Å²) in [5, 5.41) is 8.57. The highest BCUT2D eigenvalue weighted by molar-refractivity contribution is 5.85. The first-order valence-corrected chi connectivity index (χ1v) is 6.16. The summed E-state index contributed by atoms with van der Waals surface area (Å²) in [5.41, 5.74) is 0.580. The molecule has 116 valence electrons. The number of carboxylic acids is 1.